The molecule has 80 valence electrons. The van der Waals surface area contributed by atoms with Gasteiger partial charge in [-0.05, 0) is 18.2 Å². The van der Waals surface area contributed by atoms with E-state index in [0.717, 1.165) is 6.07 Å². The number of ether oxygens (including phenoxy) is 1. The lowest BCUT2D eigenvalue weighted by Gasteiger charge is -2.03. The zero-order valence-electron chi connectivity index (χ0n) is 7.90. The van der Waals surface area contributed by atoms with Crippen molar-refractivity contribution < 1.29 is 19.1 Å². The van der Waals surface area contributed by atoms with Crippen molar-refractivity contribution >= 4 is 11.8 Å². The molecule has 1 rings (SSSR count). The van der Waals surface area contributed by atoms with E-state index in [9.17, 15) is 9.18 Å². The van der Waals surface area contributed by atoms with Crippen LogP contribution in [0.5, 0.6) is 0 Å². The Balaban J connectivity index is 3.14. The molecule has 0 atom stereocenters. The summed E-state index contributed by atoms with van der Waals surface area (Å²) < 4.78 is 17.7. The van der Waals surface area contributed by atoms with Crippen molar-refractivity contribution in [2.24, 2.45) is 10.9 Å². The van der Waals surface area contributed by atoms with Gasteiger partial charge in [-0.3, -0.25) is 0 Å². The van der Waals surface area contributed by atoms with E-state index in [-0.39, 0.29) is 17.0 Å². The van der Waals surface area contributed by atoms with Crippen LogP contribution in [0.25, 0.3) is 0 Å². The van der Waals surface area contributed by atoms with Crippen molar-refractivity contribution in [3.8, 4) is 0 Å². The number of oxime groups is 1. The molecule has 0 bridgehead atoms. The maximum atomic E-state index is 13.3. The molecule has 1 aromatic rings. The molecule has 0 fully saturated rings. The van der Waals surface area contributed by atoms with Crippen molar-refractivity contribution in [1.82, 2.24) is 0 Å². The lowest BCUT2D eigenvalue weighted by Crippen LogP contribution is -2.15. The molecule has 0 radical (unpaired) electrons. The van der Waals surface area contributed by atoms with Crippen LogP contribution < -0.4 is 5.73 Å². The molecule has 0 unspecified atom stereocenters. The fourth-order valence-corrected chi connectivity index (χ4v) is 1.02. The van der Waals surface area contributed by atoms with Gasteiger partial charge in [-0.15, -0.1) is 0 Å². The Morgan fingerprint density at radius 1 is 1.60 bits per heavy atom. The van der Waals surface area contributed by atoms with Crippen LogP contribution in [0.2, 0.25) is 0 Å². The standard InChI is InChI=1S/C9H9FN2O3/c1-15-9(13)5-2-3-6(7(10)4-5)8(11)12-14/h2-4,14H,1H3,(H2,11,12). The average Bonchev–Trinajstić information content (AvgIpc) is 2.26. The number of hydrogen-bond acceptors (Lipinski definition) is 4. The fraction of sp³-hybridized carbons (Fsp3) is 0.111. The average molecular weight is 212 g/mol. The van der Waals surface area contributed by atoms with Crippen LogP contribution >= 0.6 is 0 Å². The Labute approximate surface area is 85.0 Å². The van der Waals surface area contributed by atoms with Gasteiger partial charge in [0.15, 0.2) is 5.84 Å². The van der Waals surface area contributed by atoms with Crippen LogP contribution in [0.4, 0.5) is 4.39 Å². The number of amidine groups is 1. The highest BCUT2D eigenvalue weighted by Crippen LogP contribution is 2.11. The molecule has 15 heavy (non-hydrogen) atoms. The Morgan fingerprint density at radius 3 is 2.73 bits per heavy atom. The first kappa shape index (κ1) is 11.0. The summed E-state index contributed by atoms with van der Waals surface area (Å²) in [4.78, 5) is 11.0. The quantitative estimate of drug-likeness (QED) is 0.248. The van der Waals surface area contributed by atoms with Crippen LogP contribution in [-0.4, -0.2) is 24.1 Å². The maximum absolute atomic E-state index is 13.3. The molecule has 0 aliphatic rings. The SMILES string of the molecule is COC(=O)c1ccc(/C(N)=N/O)c(F)c1. The van der Waals surface area contributed by atoms with Gasteiger partial charge in [-0.1, -0.05) is 5.16 Å². The molecule has 0 aromatic heterocycles. The van der Waals surface area contributed by atoms with Gasteiger partial charge in [0.2, 0.25) is 0 Å². The molecule has 5 nitrogen and oxygen atoms in total. The molecule has 0 saturated heterocycles. The summed E-state index contributed by atoms with van der Waals surface area (Å²) >= 11 is 0. The topological polar surface area (TPSA) is 84.9 Å². The number of methoxy groups -OCH3 is 1. The third-order valence-corrected chi connectivity index (χ3v) is 1.77. The van der Waals surface area contributed by atoms with Crippen molar-refractivity contribution in [2.45, 2.75) is 0 Å². The second-order valence-electron chi connectivity index (χ2n) is 2.67. The highest BCUT2D eigenvalue weighted by Gasteiger charge is 2.11. The predicted octanol–water partition coefficient (Wildman–Crippen LogP) is 0.707. The number of benzene rings is 1. The highest BCUT2D eigenvalue weighted by atomic mass is 19.1. The smallest absolute Gasteiger partial charge is 0.337 e. The normalized spacial score (nSPS) is 11.2. The van der Waals surface area contributed by atoms with Gasteiger partial charge in [-0.2, -0.15) is 0 Å². The van der Waals surface area contributed by atoms with Crippen LogP contribution in [0.1, 0.15) is 15.9 Å². The Kier molecular flexibility index (Phi) is 3.22. The van der Waals surface area contributed by atoms with Crippen molar-refractivity contribution in [3.63, 3.8) is 0 Å². The van der Waals surface area contributed by atoms with Crippen molar-refractivity contribution in [3.05, 3.63) is 35.1 Å². The van der Waals surface area contributed by atoms with E-state index in [1.807, 2.05) is 0 Å². The van der Waals surface area contributed by atoms with Crippen LogP contribution in [0.15, 0.2) is 23.4 Å². The van der Waals surface area contributed by atoms with Gasteiger partial charge in [0, 0.05) is 0 Å². The van der Waals surface area contributed by atoms with E-state index in [4.69, 9.17) is 10.9 Å². The van der Waals surface area contributed by atoms with Gasteiger partial charge in [-0.25, -0.2) is 9.18 Å². The zero-order chi connectivity index (χ0) is 11.4. The first-order valence-corrected chi connectivity index (χ1v) is 3.96. The largest absolute Gasteiger partial charge is 0.465 e. The van der Waals surface area contributed by atoms with E-state index in [2.05, 4.69) is 9.89 Å². The molecule has 6 heteroatoms. The molecule has 1 aromatic carbocycles. The third-order valence-electron chi connectivity index (χ3n) is 1.77. The number of halogens is 1. The molecule has 0 saturated carbocycles. The molecule has 0 amide bonds. The summed E-state index contributed by atoms with van der Waals surface area (Å²) in [6.45, 7) is 0. The molecule has 0 aliphatic heterocycles. The minimum atomic E-state index is -0.756. The molecular formula is C9H9FN2O3. The van der Waals surface area contributed by atoms with Crippen LogP contribution in [-0.2, 0) is 4.74 Å². The van der Waals surface area contributed by atoms with E-state index in [1.54, 1.807) is 0 Å². The summed E-state index contributed by atoms with van der Waals surface area (Å²) in [5.74, 6) is -1.77. The van der Waals surface area contributed by atoms with E-state index < -0.39 is 11.8 Å². The number of nitrogens with zero attached hydrogens (tertiary/aromatic N) is 1. The number of nitrogens with two attached hydrogens (primary N) is 1. The number of hydrogen-bond donors (Lipinski definition) is 2. The second-order valence-corrected chi connectivity index (χ2v) is 2.67. The lowest BCUT2D eigenvalue weighted by molar-refractivity contribution is 0.0600. The zero-order valence-corrected chi connectivity index (χ0v) is 7.90. The summed E-state index contributed by atoms with van der Waals surface area (Å²) in [6, 6.07) is 3.51. The fourth-order valence-electron chi connectivity index (χ4n) is 1.02. The first-order valence-electron chi connectivity index (χ1n) is 3.96. The van der Waals surface area contributed by atoms with Crippen molar-refractivity contribution in [1.29, 1.82) is 0 Å². The summed E-state index contributed by atoms with van der Waals surface area (Å²) in [5, 5.41) is 11.0. The van der Waals surface area contributed by atoms with Crippen LogP contribution in [0.3, 0.4) is 0 Å². The Morgan fingerprint density at radius 2 is 2.27 bits per heavy atom. The van der Waals surface area contributed by atoms with E-state index in [1.165, 1.54) is 19.2 Å². The van der Waals surface area contributed by atoms with Gasteiger partial charge >= 0.3 is 5.97 Å². The maximum Gasteiger partial charge on any atom is 0.337 e. The van der Waals surface area contributed by atoms with Gasteiger partial charge in [0.05, 0.1) is 18.2 Å². The molecule has 3 N–H and O–H groups in total. The monoisotopic (exact) mass is 212 g/mol. The number of carbonyl (C=O) groups is 1. The molecule has 0 spiro atoms. The first-order chi connectivity index (χ1) is 7.10. The molecule has 0 heterocycles. The number of esters is 1. The predicted molar refractivity (Wildman–Crippen MR) is 50.3 cm³/mol. The van der Waals surface area contributed by atoms with Crippen molar-refractivity contribution in [2.75, 3.05) is 7.11 Å². The number of rotatable bonds is 2. The second kappa shape index (κ2) is 4.41. The van der Waals surface area contributed by atoms with Gasteiger partial charge < -0.3 is 15.7 Å². The Bertz CT molecular complexity index is 418. The Hall–Kier alpha value is -2.11. The molecular weight excluding hydrogens is 203 g/mol. The minimum absolute atomic E-state index is 0.0597. The van der Waals surface area contributed by atoms with Gasteiger partial charge in [0.1, 0.15) is 5.82 Å². The highest BCUT2D eigenvalue weighted by molar-refractivity contribution is 5.98. The number of carbonyl (C=O) groups excluding carboxylic acids is 1. The van der Waals surface area contributed by atoms with E-state index >= 15 is 0 Å². The van der Waals surface area contributed by atoms with E-state index in [0.29, 0.717) is 0 Å². The minimum Gasteiger partial charge on any atom is -0.465 e. The third kappa shape index (κ3) is 2.22. The summed E-state index contributed by atoms with van der Waals surface area (Å²) in [6.07, 6.45) is 0. The molecule has 0 aliphatic carbocycles. The van der Waals surface area contributed by atoms with Crippen LogP contribution in [0, 0.1) is 5.82 Å². The lowest BCUT2D eigenvalue weighted by atomic mass is 10.1. The summed E-state index contributed by atoms with van der Waals surface area (Å²) in [7, 11) is 1.19. The summed E-state index contributed by atoms with van der Waals surface area (Å²) in [5.41, 5.74) is 5.18. The van der Waals surface area contributed by atoms with Gasteiger partial charge in [0.25, 0.3) is 0 Å².